The maximum atomic E-state index is 13.1. The second kappa shape index (κ2) is 11.1. The Bertz CT molecular complexity index is 1260. The molecule has 0 N–H and O–H groups in total. The van der Waals surface area contributed by atoms with Gasteiger partial charge in [-0.25, -0.2) is 9.78 Å². The van der Waals surface area contributed by atoms with Crippen LogP contribution in [0.2, 0.25) is 0 Å². The molecule has 10 heteroatoms. The summed E-state index contributed by atoms with van der Waals surface area (Å²) in [4.78, 5) is 29.7. The van der Waals surface area contributed by atoms with Gasteiger partial charge in [0, 0.05) is 16.5 Å². The lowest BCUT2D eigenvalue weighted by atomic mass is 10.2. The summed E-state index contributed by atoms with van der Waals surface area (Å²) >= 11 is 3.39. The van der Waals surface area contributed by atoms with E-state index < -0.39 is 12.1 Å². The smallest absolute Gasteiger partial charge is 0.347 e. The fourth-order valence-corrected chi connectivity index (χ4v) is 3.60. The van der Waals surface area contributed by atoms with E-state index in [-0.39, 0.29) is 17.9 Å². The number of fused-ring (bicyclic) bond motifs is 1. The van der Waals surface area contributed by atoms with E-state index >= 15 is 0 Å². The number of carbonyl (C=O) groups is 1. The van der Waals surface area contributed by atoms with E-state index in [1.807, 2.05) is 13.0 Å². The van der Waals surface area contributed by atoms with E-state index in [4.69, 9.17) is 18.9 Å². The van der Waals surface area contributed by atoms with Gasteiger partial charge in [0.2, 0.25) is 5.75 Å². The van der Waals surface area contributed by atoms with Gasteiger partial charge in [-0.15, -0.1) is 0 Å². The Morgan fingerprint density at radius 1 is 1.18 bits per heavy atom. The molecule has 0 aliphatic carbocycles. The Hall–Kier alpha value is -3.40. The van der Waals surface area contributed by atoms with Gasteiger partial charge in [-0.1, -0.05) is 22.9 Å². The molecule has 0 amide bonds. The SMILES string of the molecule is CCOC(=O)[C@H](C)Oc1c(OC)cc(C=Nn2c(CC)nc3ccc(Br)cc3c2=O)cc1OC. The highest BCUT2D eigenvalue weighted by atomic mass is 79.9. The molecule has 9 nitrogen and oxygen atoms in total. The lowest BCUT2D eigenvalue weighted by Crippen LogP contribution is -2.26. The van der Waals surface area contributed by atoms with Gasteiger partial charge in [-0.2, -0.15) is 9.78 Å². The molecule has 2 aromatic carbocycles. The molecular formula is C24H26BrN3O6. The molecule has 1 atom stereocenters. The minimum absolute atomic E-state index is 0.246. The molecule has 1 aromatic heterocycles. The summed E-state index contributed by atoms with van der Waals surface area (Å²) in [5, 5.41) is 4.85. The Kier molecular flexibility index (Phi) is 8.27. The summed E-state index contributed by atoms with van der Waals surface area (Å²) in [5.41, 5.74) is 0.923. The van der Waals surface area contributed by atoms with Gasteiger partial charge in [0.05, 0.1) is 37.9 Å². The van der Waals surface area contributed by atoms with Gasteiger partial charge in [0.25, 0.3) is 5.56 Å². The van der Waals surface area contributed by atoms with Crippen molar-refractivity contribution in [3.05, 3.63) is 56.5 Å². The number of hydrogen-bond donors (Lipinski definition) is 0. The lowest BCUT2D eigenvalue weighted by molar-refractivity contribution is -0.150. The Morgan fingerprint density at radius 3 is 2.44 bits per heavy atom. The summed E-state index contributed by atoms with van der Waals surface area (Å²) in [7, 11) is 2.95. The van der Waals surface area contributed by atoms with Crippen molar-refractivity contribution in [2.75, 3.05) is 20.8 Å². The minimum Gasteiger partial charge on any atom is -0.493 e. The molecule has 0 spiro atoms. The second-order valence-electron chi connectivity index (χ2n) is 7.17. The van der Waals surface area contributed by atoms with E-state index in [1.165, 1.54) is 25.1 Å². The number of hydrogen-bond acceptors (Lipinski definition) is 8. The van der Waals surface area contributed by atoms with Crippen molar-refractivity contribution in [2.24, 2.45) is 5.10 Å². The van der Waals surface area contributed by atoms with Crippen LogP contribution in [0.4, 0.5) is 0 Å². The summed E-state index contributed by atoms with van der Waals surface area (Å²) < 4.78 is 23.7. The molecule has 0 bridgehead atoms. The van der Waals surface area contributed by atoms with Crippen molar-refractivity contribution >= 4 is 39.0 Å². The number of aryl methyl sites for hydroxylation is 1. The average Bonchev–Trinajstić information content (AvgIpc) is 2.84. The third-order valence-corrected chi connectivity index (χ3v) is 5.40. The molecule has 0 aliphatic heterocycles. The third-order valence-electron chi connectivity index (χ3n) is 4.91. The highest BCUT2D eigenvalue weighted by Crippen LogP contribution is 2.39. The van der Waals surface area contributed by atoms with Crippen LogP contribution in [-0.2, 0) is 16.0 Å². The van der Waals surface area contributed by atoms with Gasteiger partial charge in [0.1, 0.15) is 5.82 Å². The molecule has 0 unspecified atom stereocenters. The molecule has 3 rings (SSSR count). The second-order valence-corrected chi connectivity index (χ2v) is 8.09. The lowest BCUT2D eigenvalue weighted by Gasteiger charge is -2.18. The summed E-state index contributed by atoms with van der Waals surface area (Å²) in [6.45, 7) is 5.45. The van der Waals surface area contributed by atoms with Crippen LogP contribution in [0.5, 0.6) is 17.2 Å². The zero-order valence-electron chi connectivity index (χ0n) is 19.6. The number of nitrogens with zero attached hydrogens (tertiary/aromatic N) is 3. The molecular weight excluding hydrogens is 506 g/mol. The number of ether oxygens (including phenoxy) is 4. The van der Waals surface area contributed by atoms with E-state index in [0.717, 1.165) is 4.47 Å². The molecule has 0 saturated heterocycles. The zero-order chi connectivity index (χ0) is 24.8. The van der Waals surface area contributed by atoms with Crippen molar-refractivity contribution in [3.8, 4) is 17.2 Å². The molecule has 180 valence electrons. The molecule has 1 heterocycles. The van der Waals surface area contributed by atoms with Crippen molar-refractivity contribution in [1.29, 1.82) is 0 Å². The average molecular weight is 532 g/mol. The predicted molar refractivity (Wildman–Crippen MR) is 132 cm³/mol. The van der Waals surface area contributed by atoms with E-state index in [1.54, 1.807) is 38.1 Å². The monoisotopic (exact) mass is 531 g/mol. The van der Waals surface area contributed by atoms with E-state index in [2.05, 4.69) is 26.0 Å². The van der Waals surface area contributed by atoms with Crippen LogP contribution in [0.3, 0.4) is 0 Å². The molecule has 0 radical (unpaired) electrons. The number of methoxy groups -OCH3 is 2. The summed E-state index contributed by atoms with van der Waals surface area (Å²) in [6, 6.07) is 8.69. The first-order valence-corrected chi connectivity index (χ1v) is 11.5. The van der Waals surface area contributed by atoms with Gasteiger partial charge in [0.15, 0.2) is 17.6 Å². The highest BCUT2D eigenvalue weighted by molar-refractivity contribution is 9.10. The van der Waals surface area contributed by atoms with Crippen molar-refractivity contribution in [2.45, 2.75) is 33.3 Å². The van der Waals surface area contributed by atoms with Crippen LogP contribution in [0, 0.1) is 0 Å². The third kappa shape index (κ3) is 5.39. The molecule has 0 aliphatic rings. The minimum atomic E-state index is -0.865. The topological polar surface area (TPSA) is 101 Å². The fraction of sp³-hybridized carbons (Fsp3) is 0.333. The maximum Gasteiger partial charge on any atom is 0.347 e. The Balaban J connectivity index is 2.02. The number of benzene rings is 2. The Labute approximate surface area is 205 Å². The first-order chi connectivity index (χ1) is 16.3. The Morgan fingerprint density at radius 2 is 1.85 bits per heavy atom. The largest absolute Gasteiger partial charge is 0.493 e. The number of aromatic nitrogens is 2. The highest BCUT2D eigenvalue weighted by Gasteiger charge is 2.22. The maximum absolute atomic E-state index is 13.1. The number of rotatable bonds is 9. The first-order valence-electron chi connectivity index (χ1n) is 10.7. The normalized spacial score (nSPS) is 12.1. The fourth-order valence-electron chi connectivity index (χ4n) is 3.24. The van der Waals surface area contributed by atoms with E-state index in [0.29, 0.717) is 40.2 Å². The number of esters is 1. The van der Waals surface area contributed by atoms with Gasteiger partial charge in [-0.3, -0.25) is 4.79 Å². The van der Waals surface area contributed by atoms with Crippen molar-refractivity contribution in [3.63, 3.8) is 0 Å². The molecule has 0 fully saturated rings. The van der Waals surface area contributed by atoms with Crippen LogP contribution in [0.15, 0.2) is 44.7 Å². The quantitative estimate of drug-likeness (QED) is 0.304. The molecule has 34 heavy (non-hydrogen) atoms. The first kappa shape index (κ1) is 25.2. The van der Waals surface area contributed by atoms with Crippen molar-refractivity contribution < 1.29 is 23.7 Å². The predicted octanol–water partition coefficient (Wildman–Crippen LogP) is 3.95. The van der Waals surface area contributed by atoms with E-state index in [9.17, 15) is 9.59 Å². The zero-order valence-corrected chi connectivity index (χ0v) is 21.2. The summed E-state index contributed by atoms with van der Waals surface area (Å²) in [6.07, 6.45) is 1.16. The van der Waals surface area contributed by atoms with Crippen LogP contribution in [-0.4, -0.2) is 48.8 Å². The molecule has 0 saturated carbocycles. The standard InChI is InChI=1S/C24H26BrN3O6/c1-6-21-27-18-9-8-16(25)12-17(18)23(29)28(21)26-13-15-10-19(31-4)22(20(11-15)32-5)34-14(3)24(30)33-7-2/h8-14H,6-7H2,1-5H3/t14-/m0/s1. The summed E-state index contributed by atoms with van der Waals surface area (Å²) in [5.74, 6) is 0.949. The van der Waals surface area contributed by atoms with Crippen molar-refractivity contribution in [1.82, 2.24) is 9.66 Å². The number of halogens is 1. The van der Waals surface area contributed by atoms with Crippen LogP contribution in [0.1, 0.15) is 32.2 Å². The van der Waals surface area contributed by atoms with Crippen LogP contribution in [0.25, 0.3) is 10.9 Å². The van der Waals surface area contributed by atoms with Gasteiger partial charge >= 0.3 is 5.97 Å². The van der Waals surface area contributed by atoms with Gasteiger partial charge in [-0.05, 0) is 44.2 Å². The van der Waals surface area contributed by atoms with Crippen LogP contribution >= 0.6 is 15.9 Å². The van der Waals surface area contributed by atoms with Crippen LogP contribution < -0.4 is 19.8 Å². The van der Waals surface area contributed by atoms with Gasteiger partial charge < -0.3 is 18.9 Å². The molecule has 3 aromatic rings. The number of carbonyl (C=O) groups excluding carboxylic acids is 1.